The van der Waals surface area contributed by atoms with Gasteiger partial charge >= 0.3 is 0 Å². The van der Waals surface area contributed by atoms with E-state index in [1.165, 1.54) is 0 Å². The highest BCUT2D eigenvalue weighted by Gasteiger charge is 2.54. The Bertz CT molecular complexity index is 271. The standard InChI is InChI=1S/C11H16O2/c1-3-11(13)7-10(2)5-4-8(11)9(12)6-10/h3,8,13H,1,4-7H2,2H3/t8-,10-,11+/m0/s1. The third-order valence-corrected chi connectivity index (χ3v) is 3.69. The zero-order valence-corrected chi connectivity index (χ0v) is 8.05. The number of Topliss-reactive ketones (excluding diaryl/α,β-unsaturated/α-hetero) is 1. The first-order valence-electron chi connectivity index (χ1n) is 4.88. The molecule has 0 aromatic carbocycles. The lowest BCUT2D eigenvalue weighted by molar-refractivity contribution is -0.152. The first-order chi connectivity index (χ1) is 5.99. The second-order valence-electron chi connectivity index (χ2n) is 4.92. The molecule has 0 aromatic heterocycles. The Hall–Kier alpha value is -0.630. The fraction of sp³-hybridized carbons (Fsp3) is 0.727. The first kappa shape index (κ1) is 8.95. The molecule has 3 rings (SSSR count). The molecule has 72 valence electrons. The van der Waals surface area contributed by atoms with Crippen molar-refractivity contribution in [3.63, 3.8) is 0 Å². The molecule has 0 unspecified atom stereocenters. The summed E-state index contributed by atoms with van der Waals surface area (Å²) in [5.41, 5.74) is -0.892. The molecule has 13 heavy (non-hydrogen) atoms. The van der Waals surface area contributed by atoms with Crippen LogP contribution in [0.2, 0.25) is 0 Å². The van der Waals surface area contributed by atoms with E-state index >= 15 is 0 Å². The zero-order valence-electron chi connectivity index (χ0n) is 8.05. The lowest BCUT2D eigenvalue weighted by Crippen LogP contribution is -2.54. The average molecular weight is 180 g/mol. The van der Waals surface area contributed by atoms with Crippen molar-refractivity contribution in [2.24, 2.45) is 11.3 Å². The van der Waals surface area contributed by atoms with Gasteiger partial charge in [0.1, 0.15) is 5.78 Å². The fourth-order valence-corrected chi connectivity index (χ4v) is 2.99. The molecular weight excluding hydrogens is 164 g/mol. The van der Waals surface area contributed by atoms with Gasteiger partial charge in [-0.3, -0.25) is 4.79 Å². The van der Waals surface area contributed by atoms with Crippen LogP contribution in [0.1, 0.15) is 32.6 Å². The Morgan fingerprint density at radius 3 is 2.85 bits per heavy atom. The monoisotopic (exact) mass is 180 g/mol. The Morgan fingerprint density at radius 1 is 1.69 bits per heavy atom. The maximum absolute atomic E-state index is 11.6. The first-order valence-corrected chi connectivity index (χ1v) is 4.88. The summed E-state index contributed by atoms with van der Waals surface area (Å²) in [7, 11) is 0. The molecule has 2 bridgehead atoms. The van der Waals surface area contributed by atoms with Gasteiger partial charge in [-0.25, -0.2) is 0 Å². The van der Waals surface area contributed by atoms with Crippen LogP contribution in [0.5, 0.6) is 0 Å². The molecule has 3 atom stereocenters. The van der Waals surface area contributed by atoms with Crippen LogP contribution in [0, 0.1) is 11.3 Å². The summed E-state index contributed by atoms with van der Waals surface area (Å²) < 4.78 is 0. The third kappa shape index (κ3) is 1.16. The van der Waals surface area contributed by atoms with Crippen molar-refractivity contribution < 1.29 is 9.90 Å². The Kier molecular flexibility index (Phi) is 1.68. The van der Waals surface area contributed by atoms with E-state index in [1.54, 1.807) is 6.08 Å². The van der Waals surface area contributed by atoms with Crippen LogP contribution in [0.15, 0.2) is 12.7 Å². The van der Waals surface area contributed by atoms with Crippen molar-refractivity contribution in [3.8, 4) is 0 Å². The quantitative estimate of drug-likeness (QED) is 0.623. The minimum absolute atomic E-state index is 0.0226. The van der Waals surface area contributed by atoms with E-state index in [0.717, 1.165) is 12.8 Å². The molecule has 0 aliphatic heterocycles. The number of hydrogen-bond acceptors (Lipinski definition) is 2. The maximum Gasteiger partial charge on any atom is 0.139 e. The van der Waals surface area contributed by atoms with Gasteiger partial charge in [0.2, 0.25) is 0 Å². The van der Waals surface area contributed by atoms with Gasteiger partial charge in [0.25, 0.3) is 0 Å². The van der Waals surface area contributed by atoms with Crippen LogP contribution in [-0.4, -0.2) is 16.5 Å². The normalized spacial score (nSPS) is 49.4. The van der Waals surface area contributed by atoms with Crippen molar-refractivity contribution in [1.82, 2.24) is 0 Å². The topological polar surface area (TPSA) is 37.3 Å². The molecule has 3 saturated carbocycles. The molecule has 2 nitrogen and oxygen atoms in total. The maximum atomic E-state index is 11.6. The molecule has 2 heteroatoms. The van der Waals surface area contributed by atoms with E-state index < -0.39 is 5.60 Å². The van der Waals surface area contributed by atoms with Crippen molar-refractivity contribution in [2.75, 3.05) is 0 Å². The van der Waals surface area contributed by atoms with E-state index in [-0.39, 0.29) is 17.1 Å². The van der Waals surface area contributed by atoms with Crippen LogP contribution in [0.4, 0.5) is 0 Å². The summed E-state index contributed by atoms with van der Waals surface area (Å²) >= 11 is 0. The molecule has 0 saturated heterocycles. The van der Waals surface area contributed by atoms with Gasteiger partial charge in [-0.1, -0.05) is 13.0 Å². The second kappa shape index (κ2) is 2.44. The summed E-state index contributed by atoms with van der Waals surface area (Å²) in [6, 6.07) is 0. The van der Waals surface area contributed by atoms with E-state index in [0.29, 0.717) is 12.8 Å². The summed E-state index contributed by atoms with van der Waals surface area (Å²) in [6.45, 7) is 5.73. The zero-order chi connectivity index (χ0) is 9.69. The summed E-state index contributed by atoms with van der Waals surface area (Å²) in [5.74, 6) is 0.0502. The largest absolute Gasteiger partial charge is 0.385 e. The highest BCUT2D eigenvalue weighted by molar-refractivity contribution is 5.85. The number of hydrogen-bond donors (Lipinski definition) is 1. The Labute approximate surface area is 78.6 Å². The van der Waals surface area contributed by atoms with Gasteiger partial charge in [-0.15, -0.1) is 6.58 Å². The lowest BCUT2D eigenvalue weighted by atomic mass is 9.54. The van der Waals surface area contributed by atoms with E-state index in [2.05, 4.69) is 13.5 Å². The molecule has 0 heterocycles. The fourth-order valence-electron chi connectivity index (χ4n) is 2.99. The number of aliphatic hydroxyl groups is 1. The minimum atomic E-state index is -0.914. The summed E-state index contributed by atoms with van der Waals surface area (Å²) in [6.07, 6.45) is 4.82. The highest BCUT2D eigenvalue weighted by Crippen LogP contribution is 2.53. The Morgan fingerprint density at radius 2 is 2.38 bits per heavy atom. The van der Waals surface area contributed by atoms with E-state index in [4.69, 9.17) is 0 Å². The van der Waals surface area contributed by atoms with Crippen LogP contribution >= 0.6 is 0 Å². The van der Waals surface area contributed by atoms with Crippen LogP contribution < -0.4 is 0 Å². The van der Waals surface area contributed by atoms with Crippen molar-refractivity contribution >= 4 is 5.78 Å². The van der Waals surface area contributed by atoms with Crippen LogP contribution in [-0.2, 0) is 4.79 Å². The van der Waals surface area contributed by atoms with Crippen molar-refractivity contribution in [3.05, 3.63) is 12.7 Å². The average Bonchev–Trinajstić information content (AvgIpc) is 2.02. The summed E-state index contributed by atoms with van der Waals surface area (Å²) in [4.78, 5) is 11.6. The van der Waals surface area contributed by atoms with Crippen molar-refractivity contribution in [2.45, 2.75) is 38.2 Å². The van der Waals surface area contributed by atoms with Crippen LogP contribution in [0.25, 0.3) is 0 Å². The van der Waals surface area contributed by atoms with E-state index in [1.807, 2.05) is 0 Å². The second-order valence-corrected chi connectivity index (χ2v) is 4.92. The van der Waals surface area contributed by atoms with Gasteiger partial charge < -0.3 is 5.11 Å². The number of fused-ring (bicyclic) bond motifs is 3. The molecule has 0 amide bonds. The van der Waals surface area contributed by atoms with E-state index in [9.17, 15) is 9.90 Å². The number of rotatable bonds is 1. The molecule has 1 N–H and O–H groups in total. The van der Waals surface area contributed by atoms with Crippen LogP contribution in [0.3, 0.4) is 0 Å². The van der Waals surface area contributed by atoms with Crippen molar-refractivity contribution in [1.29, 1.82) is 0 Å². The number of ketones is 1. The highest BCUT2D eigenvalue weighted by atomic mass is 16.3. The minimum Gasteiger partial charge on any atom is -0.385 e. The molecule has 0 aromatic rings. The third-order valence-electron chi connectivity index (χ3n) is 3.69. The molecule has 0 spiro atoms. The molecular formula is C11H16O2. The van der Waals surface area contributed by atoms with Gasteiger partial charge in [0, 0.05) is 6.42 Å². The number of carbonyl (C=O) groups is 1. The van der Waals surface area contributed by atoms with Gasteiger partial charge in [0.05, 0.1) is 11.5 Å². The molecule has 3 fully saturated rings. The molecule has 0 radical (unpaired) electrons. The Balaban J connectivity index is 2.37. The number of carbonyl (C=O) groups excluding carboxylic acids is 1. The van der Waals surface area contributed by atoms with Gasteiger partial charge in [0.15, 0.2) is 0 Å². The predicted octanol–water partition coefficient (Wildman–Crippen LogP) is 1.68. The summed E-state index contributed by atoms with van der Waals surface area (Å²) in [5, 5.41) is 10.2. The molecule has 3 aliphatic rings. The lowest BCUT2D eigenvalue weighted by Gasteiger charge is -2.51. The SMILES string of the molecule is C=C[C@@]1(O)C[C@@]2(C)CC[C@H]1C(=O)C2. The smallest absolute Gasteiger partial charge is 0.139 e. The predicted molar refractivity (Wildman–Crippen MR) is 50.2 cm³/mol. The molecule has 3 aliphatic carbocycles. The van der Waals surface area contributed by atoms with Gasteiger partial charge in [-0.2, -0.15) is 0 Å². The van der Waals surface area contributed by atoms with Gasteiger partial charge in [-0.05, 0) is 24.7 Å².